The summed E-state index contributed by atoms with van der Waals surface area (Å²) in [5.74, 6) is -0.993. The van der Waals surface area contributed by atoms with Crippen LogP contribution in [0.2, 0.25) is 0 Å². The molecule has 5 N–H and O–H groups in total. The second-order valence-corrected chi connectivity index (χ2v) is 6.52. The lowest BCUT2D eigenvalue weighted by Crippen LogP contribution is -2.32. The van der Waals surface area contributed by atoms with Crippen molar-refractivity contribution >= 4 is 17.6 Å². The maximum absolute atomic E-state index is 11.1. The molecule has 25 heavy (non-hydrogen) atoms. The smallest absolute Gasteiger partial charge is 0.309 e. The van der Waals surface area contributed by atoms with Crippen molar-refractivity contribution in [1.29, 1.82) is 0 Å². The molecule has 0 atom stereocenters. The van der Waals surface area contributed by atoms with Crippen LogP contribution in [0.1, 0.15) is 32.3 Å². The fourth-order valence-corrected chi connectivity index (χ4v) is 2.17. The molecule has 0 radical (unpaired) electrons. The molecule has 1 amide bonds. The van der Waals surface area contributed by atoms with Crippen molar-refractivity contribution < 1.29 is 19.4 Å². The maximum Gasteiger partial charge on any atom is 0.309 e. The molecule has 0 unspecified atom stereocenters. The molecule has 0 bridgehead atoms. The highest BCUT2D eigenvalue weighted by Gasteiger charge is 2.25. The van der Waals surface area contributed by atoms with Crippen LogP contribution in [-0.2, 0) is 20.7 Å². The zero-order valence-corrected chi connectivity index (χ0v) is 15.0. The number of benzene rings is 1. The normalized spacial score (nSPS) is 11.2. The summed E-state index contributed by atoms with van der Waals surface area (Å²) in [6.45, 7) is 4.73. The summed E-state index contributed by atoms with van der Waals surface area (Å²) in [7, 11) is 0. The summed E-state index contributed by atoms with van der Waals surface area (Å²) in [6, 6.07) is 8.07. The standard InChI is InChI=1S/C18H29N3O4/c1-18(2,17(23)24)9-3-4-14-5-7-15(8-6-14)20-10-11-25-13-21-16(22)12-19/h5-8,20H,3-4,9-13,19H2,1-2H3,(H,21,22)(H,23,24). The van der Waals surface area contributed by atoms with Gasteiger partial charge in [-0.3, -0.25) is 9.59 Å². The Morgan fingerprint density at radius 3 is 2.52 bits per heavy atom. The predicted molar refractivity (Wildman–Crippen MR) is 97.3 cm³/mol. The third kappa shape index (κ3) is 8.51. The van der Waals surface area contributed by atoms with Crippen molar-refractivity contribution in [1.82, 2.24) is 5.32 Å². The Morgan fingerprint density at radius 2 is 1.92 bits per heavy atom. The van der Waals surface area contributed by atoms with Crippen LogP contribution < -0.4 is 16.4 Å². The van der Waals surface area contributed by atoms with E-state index in [1.807, 2.05) is 24.3 Å². The molecule has 1 aromatic carbocycles. The molecule has 0 spiro atoms. The van der Waals surface area contributed by atoms with Gasteiger partial charge in [0.15, 0.2) is 0 Å². The Morgan fingerprint density at radius 1 is 1.24 bits per heavy atom. The summed E-state index contributed by atoms with van der Waals surface area (Å²) in [5.41, 5.74) is 6.66. The van der Waals surface area contributed by atoms with Gasteiger partial charge >= 0.3 is 5.97 Å². The van der Waals surface area contributed by atoms with Crippen molar-refractivity contribution in [3.63, 3.8) is 0 Å². The van der Waals surface area contributed by atoms with E-state index in [2.05, 4.69) is 10.6 Å². The summed E-state index contributed by atoms with van der Waals surface area (Å²) >= 11 is 0. The molecule has 0 aliphatic heterocycles. The van der Waals surface area contributed by atoms with E-state index in [4.69, 9.17) is 15.6 Å². The molecule has 1 aromatic rings. The van der Waals surface area contributed by atoms with E-state index in [-0.39, 0.29) is 19.2 Å². The summed E-state index contributed by atoms with van der Waals surface area (Å²) in [4.78, 5) is 22.0. The third-order valence-corrected chi connectivity index (χ3v) is 3.93. The average Bonchev–Trinajstić information content (AvgIpc) is 2.58. The van der Waals surface area contributed by atoms with Gasteiger partial charge in [0, 0.05) is 12.2 Å². The van der Waals surface area contributed by atoms with Crippen molar-refractivity contribution in [2.75, 3.05) is 31.7 Å². The van der Waals surface area contributed by atoms with Gasteiger partial charge in [-0.2, -0.15) is 0 Å². The Kier molecular flexibility index (Phi) is 8.94. The first-order valence-electron chi connectivity index (χ1n) is 8.46. The fourth-order valence-electron chi connectivity index (χ4n) is 2.17. The van der Waals surface area contributed by atoms with Gasteiger partial charge in [-0.15, -0.1) is 0 Å². The monoisotopic (exact) mass is 351 g/mol. The quantitative estimate of drug-likeness (QED) is 0.336. The number of nitrogens with one attached hydrogen (secondary N) is 2. The van der Waals surface area contributed by atoms with Gasteiger partial charge in [-0.25, -0.2) is 0 Å². The van der Waals surface area contributed by atoms with Crippen LogP contribution in [0, 0.1) is 5.41 Å². The minimum Gasteiger partial charge on any atom is -0.481 e. The highest BCUT2D eigenvalue weighted by Crippen LogP contribution is 2.23. The van der Waals surface area contributed by atoms with E-state index in [0.717, 1.165) is 18.5 Å². The second-order valence-electron chi connectivity index (χ2n) is 6.52. The Bertz CT molecular complexity index is 544. The van der Waals surface area contributed by atoms with Crippen LogP contribution >= 0.6 is 0 Å². The molecule has 0 saturated carbocycles. The molecule has 0 aliphatic carbocycles. The van der Waals surface area contributed by atoms with Gasteiger partial charge in [-0.1, -0.05) is 12.1 Å². The number of carboxylic acids is 1. The number of hydrogen-bond acceptors (Lipinski definition) is 5. The van der Waals surface area contributed by atoms with Gasteiger partial charge in [0.2, 0.25) is 5.91 Å². The topological polar surface area (TPSA) is 114 Å². The Hall–Kier alpha value is -2.12. The largest absolute Gasteiger partial charge is 0.481 e. The third-order valence-electron chi connectivity index (χ3n) is 3.93. The second kappa shape index (κ2) is 10.7. The van der Waals surface area contributed by atoms with Gasteiger partial charge in [0.1, 0.15) is 6.73 Å². The van der Waals surface area contributed by atoms with Crippen molar-refractivity contribution in [2.45, 2.75) is 33.1 Å². The van der Waals surface area contributed by atoms with Crippen LogP contribution in [0.15, 0.2) is 24.3 Å². The highest BCUT2D eigenvalue weighted by molar-refractivity contribution is 5.77. The number of hydrogen-bond donors (Lipinski definition) is 4. The molecule has 0 aliphatic rings. The molecule has 1 rings (SSSR count). The molecule has 7 nitrogen and oxygen atoms in total. The number of carbonyl (C=O) groups excluding carboxylic acids is 1. The number of aryl methyl sites for hydroxylation is 1. The lowest BCUT2D eigenvalue weighted by atomic mass is 9.87. The van der Waals surface area contributed by atoms with E-state index < -0.39 is 11.4 Å². The first-order valence-corrected chi connectivity index (χ1v) is 8.46. The van der Waals surface area contributed by atoms with Gasteiger partial charge in [0.25, 0.3) is 0 Å². The predicted octanol–water partition coefficient (Wildman–Crippen LogP) is 1.58. The average molecular weight is 351 g/mol. The molecule has 0 heterocycles. The first-order chi connectivity index (χ1) is 11.8. The van der Waals surface area contributed by atoms with Crippen molar-refractivity contribution in [2.24, 2.45) is 11.1 Å². The minimum absolute atomic E-state index is 0.0399. The number of nitrogens with two attached hydrogens (primary N) is 1. The Labute approximate surface area is 148 Å². The van der Waals surface area contributed by atoms with Gasteiger partial charge < -0.3 is 26.2 Å². The number of carboxylic acid groups (broad SMARTS) is 1. The van der Waals surface area contributed by atoms with Crippen LogP contribution in [0.5, 0.6) is 0 Å². The zero-order valence-electron chi connectivity index (χ0n) is 15.0. The van der Waals surface area contributed by atoms with Gasteiger partial charge in [0.05, 0.1) is 18.6 Å². The maximum atomic E-state index is 11.1. The first kappa shape index (κ1) is 20.9. The van der Waals surface area contributed by atoms with E-state index in [1.54, 1.807) is 13.8 Å². The van der Waals surface area contributed by atoms with E-state index in [0.29, 0.717) is 19.6 Å². The Balaban J connectivity index is 2.21. The fraction of sp³-hybridized carbons (Fsp3) is 0.556. The zero-order chi connectivity index (χ0) is 18.7. The van der Waals surface area contributed by atoms with E-state index in [9.17, 15) is 9.59 Å². The molecular weight excluding hydrogens is 322 g/mol. The number of amides is 1. The highest BCUT2D eigenvalue weighted by atomic mass is 16.5. The number of ether oxygens (including phenoxy) is 1. The molecule has 7 heteroatoms. The van der Waals surface area contributed by atoms with E-state index in [1.165, 1.54) is 5.56 Å². The number of aliphatic carboxylic acids is 1. The molecule has 0 saturated heterocycles. The molecular formula is C18H29N3O4. The summed E-state index contributed by atoms with van der Waals surface area (Å²) in [6.07, 6.45) is 2.36. The van der Waals surface area contributed by atoms with Crippen LogP contribution in [0.3, 0.4) is 0 Å². The number of anilines is 1. The summed E-state index contributed by atoms with van der Waals surface area (Å²) in [5, 5.41) is 14.9. The van der Waals surface area contributed by atoms with Crippen molar-refractivity contribution in [3.8, 4) is 0 Å². The molecule has 0 fully saturated rings. The molecule has 0 aromatic heterocycles. The summed E-state index contributed by atoms with van der Waals surface area (Å²) < 4.78 is 5.26. The van der Waals surface area contributed by atoms with Crippen LogP contribution in [-0.4, -0.2) is 43.4 Å². The van der Waals surface area contributed by atoms with Crippen LogP contribution in [0.25, 0.3) is 0 Å². The minimum atomic E-state index is -0.753. The lowest BCUT2D eigenvalue weighted by Gasteiger charge is -2.18. The van der Waals surface area contributed by atoms with E-state index >= 15 is 0 Å². The van der Waals surface area contributed by atoms with Crippen LogP contribution in [0.4, 0.5) is 5.69 Å². The lowest BCUT2D eigenvalue weighted by molar-refractivity contribution is -0.147. The number of rotatable bonds is 12. The van der Waals surface area contributed by atoms with Crippen molar-refractivity contribution in [3.05, 3.63) is 29.8 Å². The van der Waals surface area contributed by atoms with Gasteiger partial charge in [-0.05, 0) is 50.8 Å². The molecule has 140 valence electrons. The SMILES string of the molecule is CC(C)(CCCc1ccc(NCCOCNC(=O)CN)cc1)C(=O)O. The number of carbonyl (C=O) groups is 2.